The van der Waals surface area contributed by atoms with Crippen LogP contribution in [-0.2, 0) is 0 Å². The van der Waals surface area contributed by atoms with E-state index in [0.717, 1.165) is 5.56 Å². The molecule has 0 saturated heterocycles. The first-order valence-electron chi connectivity index (χ1n) is 4.09. The average Bonchev–Trinajstić information content (AvgIpc) is 2.04. The fourth-order valence-electron chi connectivity index (χ4n) is 1.11. The molecular weight excluding hydrogens is 166 g/mol. The third-order valence-electron chi connectivity index (χ3n) is 1.67. The molecule has 3 N–H and O–H groups in total. The van der Waals surface area contributed by atoms with Crippen molar-refractivity contribution < 1.29 is 4.74 Å². The number of nitrogens with zero attached hydrogens (tertiary/aromatic N) is 1. The first-order valence-corrected chi connectivity index (χ1v) is 4.09. The van der Waals surface area contributed by atoms with Gasteiger partial charge < -0.3 is 10.5 Å². The van der Waals surface area contributed by atoms with Crippen LogP contribution in [0.2, 0.25) is 0 Å². The third kappa shape index (κ3) is 1.96. The summed E-state index contributed by atoms with van der Waals surface area (Å²) in [6.45, 7) is 4.27. The van der Waals surface area contributed by atoms with Crippen molar-refractivity contribution in [3.8, 4) is 5.88 Å². The van der Waals surface area contributed by atoms with Crippen molar-refractivity contribution in [2.75, 3.05) is 6.61 Å². The fourth-order valence-corrected chi connectivity index (χ4v) is 1.11. The molecular formula is C9H13N3O. The predicted octanol–water partition coefficient (Wildman–Crippen LogP) is 1.07. The minimum absolute atomic E-state index is 0.00551. The summed E-state index contributed by atoms with van der Waals surface area (Å²) in [6.07, 6.45) is 1.65. The van der Waals surface area contributed by atoms with Crippen LogP contribution in [0.5, 0.6) is 5.88 Å². The first-order chi connectivity index (χ1) is 6.16. The lowest BCUT2D eigenvalue weighted by atomic mass is 10.1. The van der Waals surface area contributed by atoms with Gasteiger partial charge in [0, 0.05) is 6.20 Å². The van der Waals surface area contributed by atoms with Crippen LogP contribution >= 0.6 is 0 Å². The van der Waals surface area contributed by atoms with Gasteiger partial charge in [-0.25, -0.2) is 4.98 Å². The molecule has 0 atom stereocenters. The van der Waals surface area contributed by atoms with Gasteiger partial charge in [-0.15, -0.1) is 0 Å². The Morgan fingerprint density at radius 1 is 1.69 bits per heavy atom. The van der Waals surface area contributed by atoms with Crippen LogP contribution in [-0.4, -0.2) is 17.4 Å². The molecule has 0 bridgehead atoms. The minimum Gasteiger partial charge on any atom is -0.477 e. The number of pyridine rings is 1. The van der Waals surface area contributed by atoms with E-state index in [1.54, 1.807) is 12.3 Å². The lowest BCUT2D eigenvalue weighted by Gasteiger charge is -2.09. The van der Waals surface area contributed by atoms with Crippen LogP contribution in [0, 0.1) is 12.3 Å². The van der Waals surface area contributed by atoms with Crippen molar-refractivity contribution in [1.29, 1.82) is 5.41 Å². The average molecular weight is 179 g/mol. The number of hydrogen-bond donors (Lipinski definition) is 2. The van der Waals surface area contributed by atoms with E-state index in [2.05, 4.69) is 4.98 Å². The molecule has 0 radical (unpaired) electrons. The van der Waals surface area contributed by atoms with Crippen LogP contribution < -0.4 is 10.5 Å². The molecule has 4 heteroatoms. The molecule has 1 aromatic heterocycles. The maximum atomic E-state index is 7.35. The highest BCUT2D eigenvalue weighted by atomic mass is 16.5. The topological polar surface area (TPSA) is 72.0 Å². The summed E-state index contributed by atoms with van der Waals surface area (Å²) in [5.74, 6) is 0.434. The second-order valence-corrected chi connectivity index (χ2v) is 2.65. The van der Waals surface area contributed by atoms with Gasteiger partial charge in [0.25, 0.3) is 0 Å². The monoisotopic (exact) mass is 179 g/mol. The van der Waals surface area contributed by atoms with Gasteiger partial charge in [-0.3, -0.25) is 5.41 Å². The molecule has 4 nitrogen and oxygen atoms in total. The number of aryl methyl sites for hydroxylation is 1. The molecule has 0 aromatic carbocycles. The number of nitrogens with one attached hydrogen (secondary N) is 1. The van der Waals surface area contributed by atoms with E-state index in [1.165, 1.54) is 0 Å². The summed E-state index contributed by atoms with van der Waals surface area (Å²) < 4.78 is 5.25. The Kier molecular flexibility index (Phi) is 2.84. The molecule has 1 rings (SSSR count). The van der Waals surface area contributed by atoms with Gasteiger partial charge in [-0.1, -0.05) is 0 Å². The second-order valence-electron chi connectivity index (χ2n) is 2.65. The Bertz CT molecular complexity index is 323. The van der Waals surface area contributed by atoms with Gasteiger partial charge in [0.1, 0.15) is 5.84 Å². The van der Waals surface area contributed by atoms with Crippen LogP contribution in [0.25, 0.3) is 0 Å². The smallest absolute Gasteiger partial charge is 0.224 e. The number of nitrogens with two attached hydrogens (primary N) is 1. The molecule has 70 valence electrons. The highest BCUT2D eigenvalue weighted by molar-refractivity contribution is 5.98. The number of aromatic nitrogens is 1. The number of nitrogen functional groups attached to an aromatic ring is 1. The Labute approximate surface area is 77.2 Å². The summed E-state index contributed by atoms with van der Waals surface area (Å²) in [7, 11) is 0. The highest BCUT2D eigenvalue weighted by Gasteiger charge is 2.10. The minimum atomic E-state index is -0.00551. The van der Waals surface area contributed by atoms with Crippen LogP contribution in [0.15, 0.2) is 12.3 Å². The number of rotatable bonds is 3. The molecule has 1 aromatic rings. The van der Waals surface area contributed by atoms with E-state index >= 15 is 0 Å². The molecule has 0 spiro atoms. The van der Waals surface area contributed by atoms with Gasteiger partial charge in [0.2, 0.25) is 5.88 Å². The summed E-state index contributed by atoms with van der Waals surface area (Å²) >= 11 is 0. The molecule has 0 aliphatic rings. The molecule has 0 saturated carbocycles. The van der Waals surface area contributed by atoms with Crippen molar-refractivity contribution in [1.82, 2.24) is 4.98 Å². The van der Waals surface area contributed by atoms with Gasteiger partial charge in [-0.2, -0.15) is 0 Å². The van der Waals surface area contributed by atoms with Gasteiger partial charge in [-0.05, 0) is 25.5 Å². The van der Waals surface area contributed by atoms with E-state index in [9.17, 15) is 0 Å². The normalized spacial score (nSPS) is 9.69. The zero-order chi connectivity index (χ0) is 9.84. The van der Waals surface area contributed by atoms with Crippen molar-refractivity contribution in [2.45, 2.75) is 13.8 Å². The SMILES string of the molecule is CCOc1nccc(C)c1C(=N)N. The summed E-state index contributed by atoms with van der Waals surface area (Å²) in [6, 6.07) is 1.80. The van der Waals surface area contributed by atoms with Gasteiger partial charge in [0.15, 0.2) is 0 Å². The number of ether oxygens (including phenoxy) is 1. The molecule has 1 heterocycles. The van der Waals surface area contributed by atoms with E-state index in [1.807, 2.05) is 13.8 Å². The van der Waals surface area contributed by atoms with E-state index in [0.29, 0.717) is 18.1 Å². The highest BCUT2D eigenvalue weighted by Crippen LogP contribution is 2.17. The molecule has 0 aliphatic carbocycles. The third-order valence-corrected chi connectivity index (χ3v) is 1.67. The maximum Gasteiger partial charge on any atom is 0.224 e. The Hall–Kier alpha value is -1.58. The maximum absolute atomic E-state index is 7.35. The van der Waals surface area contributed by atoms with E-state index in [-0.39, 0.29) is 5.84 Å². The summed E-state index contributed by atoms with van der Waals surface area (Å²) in [5, 5.41) is 7.35. The van der Waals surface area contributed by atoms with Crippen molar-refractivity contribution >= 4 is 5.84 Å². The van der Waals surface area contributed by atoms with Crippen molar-refractivity contribution in [3.05, 3.63) is 23.4 Å². The number of hydrogen-bond acceptors (Lipinski definition) is 3. The Balaban J connectivity index is 3.17. The van der Waals surface area contributed by atoms with Gasteiger partial charge in [0.05, 0.1) is 12.2 Å². The second kappa shape index (κ2) is 3.89. The first kappa shape index (κ1) is 9.51. The fraction of sp³-hybridized carbons (Fsp3) is 0.333. The zero-order valence-electron chi connectivity index (χ0n) is 7.79. The molecule has 0 amide bonds. The number of amidine groups is 1. The molecule has 13 heavy (non-hydrogen) atoms. The lowest BCUT2D eigenvalue weighted by molar-refractivity contribution is 0.326. The molecule has 0 unspecified atom stereocenters. The van der Waals surface area contributed by atoms with Crippen molar-refractivity contribution in [3.63, 3.8) is 0 Å². The van der Waals surface area contributed by atoms with E-state index in [4.69, 9.17) is 15.9 Å². The van der Waals surface area contributed by atoms with Crippen LogP contribution in [0.1, 0.15) is 18.1 Å². The van der Waals surface area contributed by atoms with Crippen LogP contribution in [0.3, 0.4) is 0 Å². The standard InChI is InChI=1S/C9H13N3O/c1-3-13-9-7(8(10)11)6(2)4-5-12-9/h4-5H,3H2,1-2H3,(H3,10,11). The van der Waals surface area contributed by atoms with Crippen molar-refractivity contribution in [2.24, 2.45) is 5.73 Å². The molecule has 0 fully saturated rings. The lowest BCUT2D eigenvalue weighted by Crippen LogP contribution is -2.15. The Morgan fingerprint density at radius 3 is 2.92 bits per heavy atom. The summed E-state index contributed by atoms with van der Waals surface area (Å²) in [4.78, 5) is 4.01. The Morgan fingerprint density at radius 2 is 2.38 bits per heavy atom. The van der Waals surface area contributed by atoms with E-state index < -0.39 is 0 Å². The van der Waals surface area contributed by atoms with Gasteiger partial charge >= 0.3 is 0 Å². The van der Waals surface area contributed by atoms with Crippen LogP contribution in [0.4, 0.5) is 0 Å². The quantitative estimate of drug-likeness (QED) is 0.538. The largest absolute Gasteiger partial charge is 0.477 e. The molecule has 0 aliphatic heterocycles. The zero-order valence-corrected chi connectivity index (χ0v) is 7.79. The summed E-state index contributed by atoms with van der Waals surface area (Å²) in [5.41, 5.74) is 6.90. The predicted molar refractivity (Wildman–Crippen MR) is 51.2 cm³/mol.